The summed E-state index contributed by atoms with van der Waals surface area (Å²) in [5, 5.41) is 19.2. The minimum atomic E-state index is -0.937. The first-order valence-corrected chi connectivity index (χ1v) is 7.02. The molecule has 5 heteroatoms. The third kappa shape index (κ3) is 1.53. The molecule has 0 radical (unpaired) electrons. The van der Waals surface area contributed by atoms with Crippen LogP contribution in [0.15, 0.2) is 18.2 Å². The fraction of sp³-hybridized carbons (Fsp3) is 0.467. The summed E-state index contributed by atoms with van der Waals surface area (Å²) in [7, 11) is 0. The van der Waals surface area contributed by atoms with Crippen molar-refractivity contribution in [2.24, 2.45) is 0 Å². The largest absolute Gasteiger partial charge is 0.478 e. The Morgan fingerprint density at radius 1 is 1.40 bits per heavy atom. The molecule has 2 N–H and O–H groups in total. The van der Waals surface area contributed by atoms with Gasteiger partial charge in [0.15, 0.2) is 0 Å². The summed E-state index contributed by atoms with van der Waals surface area (Å²) in [6.07, 6.45) is 3.99. The molecule has 0 amide bonds. The number of aromatic nitrogens is 2. The summed E-state index contributed by atoms with van der Waals surface area (Å²) in [5.74, 6) is 0.446. The van der Waals surface area contributed by atoms with Gasteiger partial charge >= 0.3 is 5.97 Å². The van der Waals surface area contributed by atoms with Gasteiger partial charge in [-0.25, -0.2) is 9.78 Å². The molecule has 1 aromatic carbocycles. The molecule has 0 bridgehead atoms. The minimum Gasteiger partial charge on any atom is -0.478 e. The Morgan fingerprint density at radius 2 is 2.15 bits per heavy atom. The van der Waals surface area contributed by atoms with E-state index in [1.165, 1.54) is 0 Å². The lowest BCUT2D eigenvalue weighted by molar-refractivity contribution is 0.0698. The molecule has 2 fully saturated rings. The molecule has 2 aliphatic carbocycles. The topological polar surface area (TPSA) is 75.3 Å². The van der Waals surface area contributed by atoms with E-state index in [1.54, 1.807) is 12.1 Å². The second kappa shape index (κ2) is 3.82. The number of aliphatic hydroxyl groups excluding tert-OH is 1. The number of aromatic carboxylic acids is 1. The first-order valence-electron chi connectivity index (χ1n) is 7.02. The summed E-state index contributed by atoms with van der Waals surface area (Å²) >= 11 is 0. The number of benzene rings is 1. The summed E-state index contributed by atoms with van der Waals surface area (Å²) in [5.41, 5.74) is 1.36. The molecule has 0 unspecified atom stereocenters. The number of para-hydroxylation sites is 1. The summed E-state index contributed by atoms with van der Waals surface area (Å²) < 4.78 is 2.03. The van der Waals surface area contributed by atoms with Gasteiger partial charge in [-0.2, -0.15) is 0 Å². The van der Waals surface area contributed by atoms with Gasteiger partial charge in [-0.05, 0) is 37.8 Å². The smallest absolute Gasteiger partial charge is 0.337 e. The van der Waals surface area contributed by atoms with Crippen molar-refractivity contribution < 1.29 is 15.0 Å². The average molecular weight is 272 g/mol. The van der Waals surface area contributed by atoms with E-state index in [4.69, 9.17) is 0 Å². The number of carboxylic acids is 1. The number of carbonyl (C=O) groups is 1. The van der Waals surface area contributed by atoms with Crippen LogP contribution in [0.2, 0.25) is 0 Å². The van der Waals surface area contributed by atoms with Crippen LogP contribution < -0.4 is 0 Å². The molecule has 2 aromatic rings. The fourth-order valence-electron chi connectivity index (χ4n) is 3.01. The second-order valence-corrected chi connectivity index (χ2v) is 5.94. The molecule has 5 nitrogen and oxygen atoms in total. The fourth-order valence-corrected chi connectivity index (χ4v) is 3.01. The van der Waals surface area contributed by atoms with E-state index in [1.807, 2.05) is 10.6 Å². The van der Waals surface area contributed by atoms with Gasteiger partial charge in [0.05, 0.1) is 28.7 Å². The van der Waals surface area contributed by atoms with E-state index in [0.717, 1.165) is 37.0 Å². The molecule has 2 saturated carbocycles. The molecule has 1 heterocycles. The van der Waals surface area contributed by atoms with Crippen molar-refractivity contribution in [1.82, 2.24) is 9.55 Å². The van der Waals surface area contributed by atoms with Crippen LogP contribution in [0, 0.1) is 0 Å². The maximum absolute atomic E-state index is 11.5. The van der Waals surface area contributed by atoms with Gasteiger partial charge in [0, 0.05) is 5.92 Å². The molecule has 1 aromatic heterocycles. The number of imidazole rings is 1. The number of hydrogen-bond donors (Lipinski definition) is 2. The quantitative estimate of drug-likeness (QED) is 0.893. The molecular weight excluding hydrogens is 256 g/mol. The summed E-state index contributed by atoms with van der Waals surface area (Å²) in [6, 6.07) is 5.21. The summed E-state index contributed by atoms with van der Waals surface area (Å²) in [4.78, 5) is 16.2. The number of rotatable bonds is 4. The zero-order chi connectivity index (χ0) is 13.9. The Hall–Kier alpha value is -1.88. The molecule has 20 heavy (non-hydrogen) atoms. The van der Waals surface area contributed by atoms with Crippen LogP contribution in [-0.4, -0.2) is 32.3 Å². The van der Waals surface area contributed by atoms with E-state index in [-0.39, 0.29) is 17.7 Å². The Labute approximate surface area is 115 Å². The van der Waals surface area contributed by atoms with Crippen molar-refractivity contribution in [3.05, 3.63) is 29.6 Å². The van der Waals surface area contributed by atoms with Gasteiger partial charge in [0.1, 0.15) is 5.82 Å². The van der Waals surface area contributed by atoms with Crippen molar-refractivity contribution in [3.63, 3.8) is 0 Å². The van der Waals surface area contributed by atoms with Gasteiger partial charge in [-0.3, -0.25) is 0 Å². The van der Waals surface area contributed by atoms with Crippen LogP contribution in [0.1, 0.15) is 47.8 Å². The van der Waals surface area contributed by atoms with Crippen LogP contribution in [-0.2, 0) is 5.54 Å². The van der Waals surface area contributed by atoms with E-state index < -0.39 is 5.97 Å². The van der Waals surface area contributed by atoms with Gasteiger partial charge < -0.3 is 14.8 Å². The maximum Gasteiger partial charge on any atom is 0.337 e. The van der Waals surface area contributed by atoms with Crippen molar-refractivity contribution in [2.75, 3.05) is 6.61 Å². The van der Waals surface area contributed by atoms with Crippen LogP contribution in [0.25, 0.3) is 11.0 Å². The van der Waals surface area contributed by atoms with Crippen LogP contribution in [0.3, 0.4) is 0 Å². The average Bonchev–Trinajstić information content (AvgIpc) is 3.35. The van der Waals surface area contributed by atoms with E-state index >= 15 is 0 Å². The monoisotopic (exact) mass is 272 g/mol. The van der Waals surface area contributed by atoms with Crippen LogP contribution in [0.5, 0.6) is 0 Å². The van der Waals surface area contributed by atoms with Crippen molar-refractivity contribution >= 4 is 17.0 Å². The molecule has 0 aliphatic heterocycles. The predicted octanol–water partition coefficient (Wildman–Crippen LogP) is 2.09. The molecule has 2 aliphatic rings. The van der Waals surface area contributed by atoms with Crippen molar-refractivity contribution in [1.29, 1.82) is 0 Å². The Kier molecular flexibility index (Phi) is 2.27. The first-order chi connectivity index (χ1) is 9.66. The standard InChI is InChI=1S/C15H16N2O3/c18-8-15(6-7-15)17-12-10(14(19)20)2-1-3-11(12)16-13(17)9-4-5-9/h1-3,9,18H,4-8H2,(H,19,20). The number of aliphatic hydroxyl groups is 1. The number of nitrogens with zero attached hydrogens (tertiary/aromatic N) is 2. The Bertz CT molecular complexity index is 711. The lowest BCUT2D eigenvalue weighted by atomic mass is 10.1. The first kappa shape index (κ1) is 11.9. The van der Waals surface area contributed by atoms with Crippen molar-refractivity contribution in [2.45, 2.75) is 37.1 Å². The van der Waals surface area contributed by atoms with Gasteiger partial charge in [0.2, 0.25) is 0 Å². The SMILES string of the molecule is O=C(O)c1cccc2nc(C3CC3)n(C3(CO)CC3)c12. The summed E-state index contributed by atoms with van der Waals surface area (Å²) in [6.45, 7) is 0.0478. The molecule has 0 atom stereocenters. The van der Waals surface area contributed by atoms with Crippen LogP contribution in [0.4, 0.5) is 0 Å². The highest BCUT2D eigenvalue weighted by Gasteiger charge is 2.48. The number of fused-ring (bicyclic) bond motifs is 1. The zero-order valence-corrected chi connectivity index (χ0v) is 11.0. The molecular formula is C15H16N2O3. The third-order valence-electron chi connectivity index (χ3n) is 4.47. The second-order valence-electron chi connectivity index (χ2n) is 5.94. The lowest BCUT2D eigenvalue weighted by Crippen LogP contribution is -2.24. The van der Waals surface area contributed by atoms with E-state index in [0.29, 0.717) is 11.4 Å². The molecule has 104 valence electrons. The highest BCUT2D eigenvalue weighted by atomic mass is 16.4. The van der Waals surface area contributed by atoms with Gasteiger partial charge in [0.25, 0.3) is 0 Å². The van der Waals surface area contributed by atoms with Gasteiger partial charge in [-0.1, -0.05) is 6.07 Å². The molecule has 4 rings (SSSR count). The molecule has 0 saturated heterocycles. The Morgan fingerprint density at radius 3 is 2.70 bits per heavy atom. The zero-order valence-electron chi connectivity index (χ0n) is 11.0. The normalized spacial score (nSPS) is 20.2. The van der Waals surface area contributed by atoms with E-state index in [9.17, 15) is 15.0 Å². The van der Waals surface area contributed by atoms with Gasteiger partial charge in [-0.15, -0.1) is 0 Å². The maximum atomic E-state index is 11.5. The highest BCUT2D eigenvalue weighted by Crippen LogP contribution is 2.50. The van der Waals surface area contributed by atoms with Crippen LogP contribution >= 0.6 is 0 Å². The minimum absolute atomic E-state index is 0.0478. The van der Waals surface area contributed by atoms with E-state index in [2.05, 4.69) is 4.98 Å². The lowest BCUT2D eigenvalue weighted by Gasteiger charge is -2.19. The Balaban J connectivity index is 2.06. The number of carboxylic acid groups (broad SMARTS) is 1. The van der Waals surface area contributed by atoms with Crippen molar-refractivity contribution in [3.8, 4) is 0 Å². The molecule has 0 spiro atoms. The third-order valence-corrected chi connectivity index (χ3v) is 4.47. The highest BCUT2D eigenvalue weighted by molar-refractivity contribution is 6.01. The predicted molar refractivity (Wildman–Crippen MR) is 73.0 cm³/mol. The number of hydrogen-bond acceptors (Lipinski definition) is 3.